The molecule has 2 aliphatic heterocycles. The van der Waals surface area contributed by atoms with Crippen LogP contribution in [0.3, 0.4) is 0 Å². The number of fused-ring (bicyclic) bond motifs is 2. The number of carbonyl (C=O) groups excluding carboxylic acids is 1. The third-order valence-electron chi connectivity index (χ3n) is 5.15. The summed E-state index contributed by atoms with van der Waals surface area (Å²) in [6.07, 6.45) is 5.55. The number of nitrogens with one attached hydrogen (secondary N) is 1. The fourth-order valence-corrected chi connectivity index (χ4v) is 4.45. The summed E-state index contributed by atoms with van der Waals surface area (Å²) in [7, 11) is 1.93. The van der Waals surface area contributed by atoms with Gasteiger partial charge in [-0.15, -0.1) is 23.7 Å². The number of amides is 1. The highest BCUT2D eigenvalue weighted by Gasteiger charge is 2.36. The van der Waals surface area contributed by atoms with E-state index in [4.69, 9.17) is 4.52 Å². The largest absolute Gasteiger partial charge is 0.343 e. The molecule has 2 bridgehead atoms. The van der Waals surface area contributed by atoms with Crippen molar-refractivity contribution < 1.29 is 9.32 Å². The van der Waals surface area contributed by atoms with Crippen molar-refractivity contribution in [1.82, 2.24) is 20.4 Å². The van der Waals surface area contributed by atoms with Gasteiger partial charge in [-0.05, 0) is 37.1 Å². The van der Waals surface area contributed by atoms with Crippen LogP contribution in [-0.4, -0.2) is 46.1 Å². The Bertz CT molecular complexity index is 693. The van der Waals surface area contributed by atoms with Gasteiger partial charge >= 0.3 is 0 Å². The van der Waals surface area contributed by atoms with Gasteiger partial charge in [0.05, 0.1) is 4.88 Å². The van der Waals surface area contributed by atoms with E-state index in [1.54, 1.807) is 11.3 Å². The summed E-state index contributed by atoms with van der Waals surface area (Å²) in [5.74, 6) is 1.30. The molecule has 2 aliphatic rings. The van der Waals surface area contributed by atoms with Gasteiger partial charge in [0.25, 0.3) is 0 Å². The van der Waals surface area contributed by atoms with Crippen LogP contribution in [0.15, 0.2) is 22.0 Å². The molecule has 25 heavy (non-hydrogen) atoms. The first-order valence-electron chi connectivity index (χ1n) is 8.57. The number of hydrogen-bond donors (Lipinski definition) is 1. The zero-order chi connectivity index (χ0) is 16.5. The first-order chi connectivity index (χ1) is 11.7. The molecule has 1 amide bonds. The van der Waals surface area contributed by atoms with Crippen molar-refractivity contribution in [3.05, 3.63) is 23.4 Å². The SMILES string of the molecule is CN(C(=O)CCc1nc(-c2cccs2)no1)C1CC2CCC(C1)N2.Cl. The van der Waals surface area contributed by atoms with Crippen molar-refractivity contribution in [2.45, 2.75) is 56.7 Å². The number of piperidine rings is 1. The molecule has 4 heterocycles. The standard InChI is InChI=1S/C17H22N4O2S.ClH/c1-21(13-9-11-4-5-12(10-13)18-11)16(22)7-6-15-19-17(20-23-15)14-3-2-8-24-14;/h2-3,8,11-13,18H,4-7,9-10H2,1H3;1H. The van der Waals surface area contributed by atoms with Crippen molar-refractivity contribution in [3.63, 3.8) is 0 Å². The highest BCUT2D eigenvalue weighted by atomic mass is 35.5. The van der Waals surface area contributed by atoms with Crippen LogP contribution in [0, 0.1) is 0 Å². The zero-order valence-corrected chi connectivity index (χ0v) is 15.8. The van der Waals surface area contributed by atoms with Crippen molar-refractivity contribution in [2.24, 2.45) is 0 Å². The average Bonchev–Trinajstić information content (AvgIpc) is 3.32. The Morgan fingerprint density at radius 1 is 1.40 bits per heavy atom. The number of aryl methyl sites for hydroxylation is 1. The van der Waals surface area contributed by atoms with E-state index in [1.807, 2.05) is 29.5 Å². The molecular formula is C17H23ClN4O2S. The van der Waals surface area contributed by atoms with E-state index < -0.39 is 0 Å². The second-order valence-corrected chi connectivity index (χ2v) is 7.70. The molecule has 0 spiro atoms. The Balaban J connectivity index is 0.00000182. The maximum Gasteiger partial charge on any atom is 0.227 e. The number of nitrogens with zero attached hydrogens (tertiary/aromatic N) is 3. The molecule has 0 aromatic carbocycles. The van der Waals surface area contributed by atoms with Gasteiger partial charge in [-0.1, -0.05) is 11.2 Å². The minimum absolute atomic E-state index is 0. The molecule has 2 aromatic rings. The summed E-state index contributed by atoms with van der Waals surface area (Å²) in [5.41, 5.74) is 0. The lowest BCUT2D eigenvalue weighted by Crippen LogP contribution is -2.48. The first kappa shape index (κ1) is 18.4. The number of carbonyl (C=O) groups is 1. The summed E-state index contributed by atoms with van der Waals surface area (Å²) in [4.78, 5) is 19.8. The highest BCUT2D eigenvalue weighted by Crippen LogP contribution is 2.29. The van der Waals surface area contributed by atoms with E-state index in [0.717, 1.165) is 17.7 Å². The van der Waals surface area contributed by atoms with Crippen molar-refractivity contribution >= 4 is 29.7 Å². The van der Waals surface area contributed by atoms with Crippen LogP contribution in [0.2, 0.25) is 0 Å². The fourth-order valence-electron chi connectivity index (χ4n) is 3.80. The number of aromatic nitrogens is 2. The van der Waals surface area contributed by atoms with Gasteiger partial charge in [0, 0.05) is 38.0 Å². The van der Waals surface area contributed by atoms with E-state index in [0.29, 0.717) is 42.7 Å². The lowest BCUT2D eigenvalue weighted by molar-refractivity contribution is -0.132. The summed E-state index contributed by atoms with van der Waals surface area (Å²) >= 11 is 1.58. The fraction of sp³-hybridized carbons (Fsp3) is 0.588. The average molecular weight is 383 g/mol. The monoisotopic (exact) mass is 382 g/mol. The van der Waals surface area contributed by atoms with Crippen LogP contribution in [0.1, 0.15) is 38.0 Å². The number of hydrogen-bond acceptors (Lipinski definition) is 6. The number of rotatable bonds is 5. The van der Waals surface area contributed by atoms with E-state index in [-0.39, 0.29) is 18.3 Å². The molecule has 2 aromatic heterocycles. The molecule has 1 N–H and O–H groups in total. The third kappa shape index (κ3) is 4.04. The minimum atomic E-state index is 0. The second kappa shape index (κ2) is 7.85. The Morgan fingerprint density at radius 2 is 2.16 bits per heavy atom. The zero-order valence-electron chi connectivity index (χ0n) is 14.2. The summed E-state index contributed by atoms with van der Waals surface area (Å²) in [6.45, 7) is 0. The van der Waals surface area contributed by atoms with Crippen LogP contribution < -0.4 is 5.32 Å². The lowest BCUT2D eigenvalue weighted by atomic mass is 9.98. The first-order valence-corrected chi connectivity index (χ1v) is 9.45. The van der Waals surface area contributed by atoms with Crippen LogP contribution in [-0.2, 0) is 11.2 Å². The highest BCUT2D eigenvalue weighted by molar-refractivity contribution is 7.13. The van der Waals surface area contributed by atoms with Crippen molar-refractivity contribution in [1.29, 1.82) is 0 Å². The predicted octanol–water partition coefficient (Wildman–Crippen LogP) is 2.89. The number of thiophene rings is 1. The molecule has 2 unspecified atom stereocenters. The molecule has 6 nitrogen and oxygen atoms in total. The maximum atomic E-state index is 12.5. The Morgan fingerprint density at radius 3 is 2.84 bits per heavy atom. The summed E-state index contributed by atoms with van der Waals surface area (Å²) < 4.78 is 5.27. The van der Waals surface area contributed by atoms with Crippen LogP contribution in [0.25, 0.3) is 10.7 Å². The predicted molar refractivity (Wildman–Crippen MR) is 98.9 cm³/mol. The minimum Gasteiger partial charge on any atom is -0.343 e. The normalized spacial score (nSPS) is 24.8. The van der Waals surface area contributed by atoms with Gasteiger partial charge in [-0.3, -0.25) is 4.79 Å². The molecule has 136 valence electrons. The Hall–Kier alpha value is -1.44. The van der Waals surface area contributed by atoms with Crippen LogP contribution >= 0.6 is 23.7 Å². The van der Waals surface area contributed by atoms with E-state index in [9.17, 15) is 4.79 Å². The van der Waals surface area contributed by atoms with Gasteiger partial charge < -0.3 is 14.7 Å². The Kier molecular flexibility index (Phi) is 5.76. The molecule has 4 rings (SSSR count). The van der Waals surface area contributed by atoms with Crippen LogP contribution in [0.5, 0.6) is 0 Å². The van der Waals surface area contributed by atoms with E-state index in [1.165, 1.54) is 12.8 Å². The molecule has 0 saturated carbocycles. The van der Waals surface area contributed by atoms with Crippen molar-refractivity contribution in [3.8, 4) is 10.7 Å². The van der Waals surface area contributed by atoms with E-state index in [2.05, 4.69) is 15.5 Å². The Labute approximate surface area is 157 Å². The maximum absolute atomic E-state index is 12.5. The lowest BCUT2D eigenvalue weighted by Gasteiger charge is -2.35. The molecule has 8 heteroatoms. The molecule has 2 fully saturated rings. The summed E-state index contributed by atoms with van der Waals surface area (Å²) in [6, 6.07) is 5.46. The molecule has 2 saturated heterocycles. The molecular weight excluding hydrogens is 360 g/mol. The smallest absolute Gasteiger partial charge is 0.227 e. The van der Waals surface area contributed by atoms with Gasteiger partial charge in [0.2, 0.25) is 17.6 Å². The molecule has 0 aliphatic carbocycles. The molecule has 0 radical (unpaired) electrons. The quantitative estimate of drug-likeness (QED) is 0.860. The summed E-state index contributed by atoms with van der Waals surface area (Å²) in [5, 5.41) is 9.59. The van der Waals surface area contributed by atoms with Gasteiger partial charge in [0.15, 0.2) is 0 Å². The van der Waals surface area contributed by atoms with Gasteiger partial charge in [-0.25, -0.2) is 0 Å². The van der Waals surface area contributed by atoms with E-state index >= 15 is 0 Å². The molecule has 2 atom stereocenters. The van der Waals surface area contributed by atoms with Gasteiger partial charge in [-0.2, -0.15) is 4.98 Å². The second-order valence-electron chi connectivity index (χ2n) is 6.76. The third-order valence-corrected chi connectivity index (χ3v) is 6.02. The topological polar surface area (TPSA) is 71.3 Å². The van der Waals surface area contributed by atoms with Crippen molar-refractivity contribution in [2.75, 3.05) is 7.05 Å². The number of halogens is 1. The van der Waals surface area contributed by atoms with Crippen LogP contribution in [0.4, 0.5) is 0 Å². The van der Waals surface area contributed by atoms with Gasteiger partial charge in [0.1, 0.15) is 0 Å².